The quantitative estimate of drug-likeness (QED) is 0.660. The molecule has 4 rings (SSSR count). The first-order chi connectivity index (χ1) is 13.6. The molecule has 1 unspecified atom stereocenters. The Morgan fingerprint density at radius 3 is 2.89 bits per heavy atom. The van der Waals surface area contributed by atoms with Gasteiger partial charge in [-0.05, 0) is 31.9 Å². The van der Waals surface area contributed by atoms with Gasteiger partial charge in [-0.25, -0.2) is 9.97 Å². The summed E-state index contributed by atoms with van der Waals surface area (Å²) in [4.78, 5) is 37.1. The Balaban J connectivity index is 1.80. The second-order valence-electron chi connectivity index (χ2n) is 6.85. The van der Waals surface area contributed by atoms with Gasteiger partial charge in [0.05, 0.1) is 35.1 Å². The van der Waals surface area contributed by atoms with E-state index in [9.17, 15) is 9.59 Å². The number of thiazole rings is 1. The number of likely N-dealkylation sites (tertiary alicyclic amines) is 1. The smallest absolute Gasteiger partial charge is 0.273 e. The number of rotatable bonds is 5. The van der Waals surface area contributed by atoms with Crippen LogP contribution in [0.15, 0.2) is 34.4 Å². The van der Waals surface area contributed by atoms with Crippen molar-refractivity contribution in [3.8, 4) is 0 Å². The van der Waals surface area contributed by atoms with Crippen molar-refractivity contribution in [2.24, 2.45) is 0 Å². The van der Waals surface area contributed by atoms with Crippen molar-refractivity contribution < 1.29 is 9.53 Å². The van der Waals surface area contributed by atoms with Crippen LogP contribution in [0.2, 0.25) is 0 Å². The Labute approximate surface area is 166 Å². The summed E-state index contributed by atoms with van der Waals surface area (Å²) < 4.78 is 6.86. The highest BCUT2D eigenvalue weighted by Crippen LogP contribution is 2.32. The molecule has 28 heavy (non-hydrogen) atoms. The largest absolute Gasteiger partial charge is 0.383 e. The molecule has 0 radical (unpaired) electrons. The summed E-state index contributed by atoms with van der Waals surface area (Å²) in [6, 6.07) is 7.08. The third-order valence-electron chi connectivity index (χ3n) is 5.06. The highest BCUT2D eigenvalue weighted by atomic mass is 32.1. The number of methoxy groups -OCH3 is 1. The second-order valence-corrected chi connectivity index (χ2v) is 7.91. The summed E-state index contributed by atoms with van der Waals surface area (Å²) in [5.74, 6) is 0.520. The van der Waals surface area contributed by atoms with Gasteiger partial charge in [-0.3, -0.25) is 14.2 Å². The molecule has 0 N–H and O–H groups in total. The maximum Gasteiger partial charge on any atom is 0.273 e. The lowest BCUT2D eigenvalue weighted by Crippen LogP contribution is -2.36. The van der Waals surface area contributed by atoms with E-state index in [-0.39, 0.29) is 17.5 Å². The van der Waals surface area contributed by atoms with Crippen molar-refractivity contribution in [3.05, 3.63) is 56.5 Å². The summed E-state index contributed by atoms with van der Waals surface area (Å²) in [5.41, 5.74) is 1.02. The third kappa shape index (κ3) is 3.33. The first-order valence-corrected chi connectivity index (χ1v) is 10.2. The molecule has 146 valence electrons. The van der Waals surface area contributed by atoms with Crippen LogP contribution in [0.4, 0.5) is 0 Å². The summed E-state index contributed by atoms with van der Waals surface area (Å²) >= 11 is 1.46. The second kappa shape index (κ2) is 7.81. The van der Waals surface area contributed by atoms with Crippen LogP contribution in [-0.2, 0) is 11.3 Å². The maximum atomic E-state index is 13.1. The van der Waals surface area contributed by atoms with E-state index in [2.05, 4.69) is 4.98 Å². The first-order valence-electron chi connectivity index (χ1n) is 9.31. The molecular weight excluding hydrogens is 376 g/mol. The first kappa shape index (κ1) is 18.8. The van der Waals surface area contributed by atoms with Crippen LogP contribution in [-0.4, -0.2) is 45.6 Å². The average molecular weight is 398 g/mol. The number of nitrogens with zero attached hydrogens (tertiary/aromatic N) is 4. The molecule has 1 aromatic carbocycles. The molecule has 3 aromatic rings. The van der Waals surface area contributed by atoms with E-state index < -0.39 is 0 Å². The molecule has 1 saturated heterocycles. The molecule has 1 fully saturated rings. The molecule has 7 nitrogen and oxygen atoms in total. The highest BCUT2D eigenvalue weighted by Gasteiger charge is 2.34. The summed E-state index contributed by atoms with van der Waals surface area (Å²) in [6.45, 7) is 3.32. The van der Waals surface area contributed by atoms with Crippen LogP contribution in [0.25, 0.3) is 10.9 Å². The van der Waals surface area contributed by atoms with Gasteiger partial charge in [0.25, 0.3) is 11.5 Å². The minimum atomic E-state index is -0.247. The Morgan fingerprint density at radius 1 is 1.32 bits per heavy atom. The zero-order valence-corrected chi connectivity index (χ0v) is 16.7. The number of para-hydroxylation sites is 1. The van der Waals surface area contributed by atoms with Gasteiger partial charge in [-0.1, -0.05) is 12.1 Å². The fourth-order valence-electron chi connectivity index (χ4n) is 3.73. The van der Waals surface area contributed by atoms with Crippen molar-refractivity contribution in [1.29, 1.82) is 0 Å². The summed E-state index contributed by atoms with van der Waals surface area (Å²) in [7, 11) is 1.61. The maximum absolute atomic E-state index is 13.1. The van der Waals surface area contributed by atoms with Gasteiger partial charge in [0.1, 0.15) is 11.5 Å². The van der Waals surface area contributed by atoms with Crippen LogP contribution >= 0.6 is 11.3 Å². The van der Waals surface area contributed by atoms with E-state index in [0.717, 1.165) is 17.8 Å². The number of amides is 1. The number of carbonyl (C=O) groups excluding carboxylic acids is 1. The molecule has 0 bridgehead atoms. The fraction of sp³-hybridized carbons (Fsp3) is 0.400. The topological polar surface area (TPSA) is 77.3 Å². The summed E-state index contributed by atoms with van der Waals surface area (Å²) in [6.07, 6.45) is 1.64. The number of benzene rings is 1. The molecule has 1 amide bonds. The van der Waals surface area contributed by atoms with Gasteiger partial charge >= 0.3 is 0 Å². The SMILES string of the molecule is COCCn1c(C2CCCN2C(=O)c2csc(C)n2)nc2ccccc2c1=O. The number of fused-ring (bicyclic) bond motifs is 1. The molecule has 8 heteroatoms. The van der Waals surface area contributed by atoms with Crippen molar-refractivity contribution in [1.82, 2.24) is 19.4 Å². The molecule has 2 aromatic heterocycles. The fourth-order valence-corrected chi connectivity index (χ4v) is 4.31. The van der Waals surface area contributed by atoms with Crippen molar-refractivity contribution in [3.63, 3.8) is 0 Å². The number of ether oxygens (including phenoxy) is 1. The highest BCUT2D eigenvalue weighted by molar-refractivity contribution is 7.09. The summed E-state index contributed by atoms with van der Waals surface area (Å²) in [5, 5.41) is 3.23. The van der Waals surface area contributed by atoms with Crippen LogP contribution in [0.1, 0.15) is 40.2 Å². The van der Waals surface area contributed by atoms with Gasteiger partial charge < -0.3 is 9.64 Å². The molecular formula is C20H22N4O3S. The minimum absolute atomic E-state index is 0.0959. The molecule has 0 aliphatic carbocycles. The lowest BCUT2D eigenvalue weighted by molar-refractivity contribution is 0.0719. The number of aryl methyl sites for hydroxylation is 1. The van der Waals surface area contributed by atoms with Gasteiger partial charge in [-0.2, -0.15) is 0 Å². The lowest BCUT2D eigenvalue weighted by atomic mass is 10.1. The monoisotopic (exact) mass is 398 g/mol. The van der Waals surface area contributed by atoms with E-state index in [1.807, 2.05) is 25.1 Å². The van der Waals surface area contributed by atoms with Crippen molar-refractivity contribution >= 4 is 28.1 Å². The number of aromatic nitrogens is 3. The molecule has 1 aliphatic rings. The van der Waals surface area contributed by atoms with E-state index in [4.69, 9.17) is 9.72 Å². The van der Waals surface area contributed by atoms with E-state index in [1.165, 1.54) is 11.3 Å². The number of hydrogen-bond donors (Lipinski definition) is 0. The molecule has 0 saturated carbocycles. The standard InChI is InChI=1S/C20H22N4O3S/c1-13-21-16(12-28-13)20(26)23-9-5-8-17(23)18-22-15-7-4-3-6-14(15)19(25)24(18)10-11-27-2/h3-4,6-7,12,17H,5,8-11H2,1-2H3. The molecule has 3 heterocycles. The number of carbonyl (C=O) groups is 1. The van der Waals surface area contributed by atoms with Gasteiger partial charge in [0, 0.05) is 19.0 Å². The van der Waals surface area contributed by atoms with Crippen LogP contribution < -0.4 is 5.56 Å². The van der Waals surface area contributed by atoms with Crippen LogP contribution in [0.3, 0.4) is 0 Å². The van der Waals surface area contributed by atoms with E-state index in [1.54, 1.807) is 28.0 Å². The van der Waals surface area contributed by atoms with Gasteiger partial charge in [0.2, 0.25) is 0 Å². The Morgan fingerprint density at radius 2 is 2.14 bits per heavy atom. The van der Waals surface area contributed by atoms with Crippen LogP contribution in [0, 0.1) is 6.92 Å². The minimum Gasteiger partial charge on any atom is -0.383 e. The molecule has 1 atom stereocenters. The average Bonchev–Trinajstić information content (AvgIpc) is 3.36. The Hall–Kier alpha value is -2.58. The normalized spacial score (nSPS) is 16.8. The van der Waals surface area contributed by atoms with Crippen molar-refractivity contribution in [2.45, 2.75) is 32.4 Å². The zero-order chi connectivity index (χ0) is 19.7. The van der Waals surface area contributed by atoms with Gasteiger partial charge in [-0.15, -0.1) is 11.3 Å². The zero-order valence-electron chi connectivity index (χ0n) is 15.9. The molecule has 1 aliphatic heterocycles. The van der Waals surface area contributed by atoms with Crippen LogP contribution in [0.5, 0.6) is 0 Å². The number of hydrogen-bond acceptors (Lipinski definition) is 6. The Bertz CT molecular complexity index is 1070. The molecule has 0 spiro atoms. The van der Waals surface area contributed by atoms with E-state index >= 15 is 0 Å². The predicted octanol–water partition coefficient (Wildman–Crippen LogP) is 2.79. The lowest BCUT2D eigenvalue weighted by Gasteiger charge is -2.26. The predicted molar refractivity (Wildman–Crippen MR) is 108 cm³/mol. The van der Waals surface area contributed by atoms with Crippen molar-refractivity contribution in [2.75, 3.05) is 20.3 Å². The van der Waals surface area contributed by atoms with Gasteiger partial charge in [0.15, 0.2) is 0 Å². The third-order valence-corrected chi connectivity index (χ3v) is 5.83. The van der Waals surface area contributed by atoms with E-state index in [0.29, 0.717) is 42.1 Å². The Kier molecular flexibility index (Phi) is 5.23.